The first-order valence-corrected chi connectivity index (χ1v) is 20.8. The van der Waals surface area contributed by atoms with Crippen molar-refractivity contribution in [3.8, 4) is 0 Å². The molecule has 16 nitrogen and oxygen atoms in total. The van der Waals surface area contributed by atoms with Gasteiger partial charge >= 0.3 is 12.1 Å². The summed E-state index contributed by atoms with van der Waals surface area (Å²) in [5.74, 6) is -1.36. The maximum Gasteiger partial charge on any atom is 0.410 e. The number of rotatable bonds is 17. The van der Waals surface area contributed by atoms with Gasteiger partial charge in [-0.05, 0) is 45.1 Å². The van der Waals surface area contributed by atoms with Crippen LogP contribution in [-0.4, -0.2) is 178 Å². The van der Waals surface area contributed by atoms with Crippen LogP contribution >= 0.6 is 0 Å². The predicted molar refractivity (Wildman–Crippen MR) is 226 cm³/mol. The maximum atomic E-state index is 14.2. The highest BCUT2D eigenvalue weighted by molar-refractivity contribution is 5.87. The van der Waals surface area contributed by atoms with Crippen LogP contribution in [0.15, 0.2) is 35.3 Å². The van der Waals surface area contributed by atoms with Crippen LogP contribution in [0, 0.1) is 11.8 Å². The van der Waals surface area contributed by atoms with Gasteiger partial charge in [-0.3, -0.25) is 14.4 Å². The van der Waals surface area contributed by atoms with E-state index in [1.54, 1.807) is 35.8 Å². The summed E-state index contributed by atoms with van der Waals surface area (Å²) in [6, 6.07) is 7.68. The van der Waals surface area contributed by atoms with E-state index in [-0.39, 0.29) is 55.2 Å². The molecule has 7 atom stereocenters. The fraction of sp³-hybridized carbons (Fsp3) is 0.721. The number of nitrogens with zero attached hydrogens (tertiary/aromatic N) is 6. The molecule has 2 saturated heterocycles. The Balaban J connectivity index is 1.71. The molecule has 1 N–H and O–H groups in total. The molecule has 0 saturated carbocycles. The van der Waals surface area contributed by atoms with Crippen LogP contribution in [0.2, 0.25) is 0 Å². The summed E-state index contributed by atoms with van der Waals surface area (Å²) < 4.78 is 22.5. The van der Waals surface area contributed by atoms with Gasteiger partial charge in [-0.25, -0.2) is 14.6 Å². The molecule has 4 amide bonds. The fourth-order valence-electron chi connectivity index (χ4n) is 8.00. The van der Waals surface area contributed by atoms with Gasteiger partial charge < -0.3 is 48.8 Å². The number of amides is 4. The quantitative estimate of drug-likeness (QED) is 0.139. The Bertz CT molecular complexity index is 1560. The highest BCUT2D eigenvalue weighted by Crippen LogP contribution is 2.29. The lowest BCUT2D eigenvalue weighted by Crippen LogP contribution is -2.55. The number of likely N-dealkylation sites (tertiary alicyclic amines) is 1. The average molecular weight is 830 g/mol. The van der Waals surface area contributed by atoms with E-state index in [0.29, 0.717) is 45.1 Å². The van der Waals surface area contributed by atoms with E-state index in [9.17, 15) is 24.0 Å². The molecule has 1 aromatic carbocycles. The fourth-order valence-corrected chi connectivity index (χ4v) is 8.00. The second kappa shape index (κ2) is 22.8. The Morgan fingerprint density at radius 3 is 2.08 bits per heavy atom. The molecule has 2 aliphatic rings. The lowest BCUT2D eigenvalue weighted by Gasteiger charge is -2.39. The predicted octanol–water partition coefficient (Wildman–Crippen LogP) is 3.28. The van der Waals surface area contributed by atoms with Crippen molar-refractivity contribution in [2.24, 2.45) is 16.8 Å². The van der Waals surface area contributed by atoms with E-state index in [4.69, 9.17) is 23.9 Å². The Labute approximate surface area is 351 Å². The van der Waals surface area contributed by atoms with E-state index in [0.717, 1.165) is 18.4 Å². The van der Waals surface area contributed by atoms with Gasteiger partial charge in [0.1, 0.15) is 18.2 Å². The number of ether oxygens (including phenoxy) is 4. The number of hydrogen-bond acceptors (Lipinski definition) is 10. The van der Waals surface area contributed by atoms with Gasteiger partial charge in [-0.1, -0.05) is 57.5 Å². The van der Waals surface area contributed by atoms with Crippen LogP contribution in [-0.2, 0) is 44.5 Å². The van der Waals surface area contributed by atoms with Gasteiger partial charge in [-0.15, -0.1) is 0 Å². The SMILES string of the molecule is CCC(C)C(C(CC(=O)N1CCCC1C(OC)C(C)C(=O)N[C@@H](Cc1ccccc1)C(=O)OC)OC)N(C)C(=O)CN=C(N(C)C)N1CCN(C(=O)OC(C)(C)C)CC1. The molecule has 332 valence electrons. The van der Waals surface area contributed by atoms with E-state index in [2.05, 4.69) is 10.2 Å². The Morgan fingerprint density at radius 1 is 0.915 bits per heavy atom. The second-order valence-corrected chi connectivity index (χ2v) is 16.9. The number of nitrogens with one attached hydrogen (secondary N) is 1. The summed E-state index contributed by atoms with van der Waals surface area (Å²) in [7, 11) is 9.87. The van der Waals surface area contributed by atoms with Gasteiger partial charge in [0.15, 0.2) is 5.96 Å². The van der Waals surface area contributed by atoms with Crippen LogP contribution in [0.5, 0.6) is 0 Å². The number of aliphatic imine (C=N–C) groups is 1. The molecule has 2 aliphatic heterocycles. The first-order chi connectivity index (χ1) is 27.9. The Hall–Kier alpha value is -4.44. The van der Waals surface area contributed by atoms with Crippen molar-refractivity contribution >= 4 is 35.7 Å². The molecule has 0 radical (unpaired) electrons. The zero-order valence-corrected chi connectivity index (χ0v) is 37.6. The summed E-state index contributed by atoms with van der Waals surface area (Å²) in [5.41, 5.74) is 0.296. The van der Waals surface area contributed by atoms with Gasteiger partial charge in [0, 0.05) is 74.5 Å². The number of esters is 1. The van der Waals surface area contributed by atoms with E-state index in [1.807, 2.05) is 83.9 Å². The number of likely N-dealkylation sites (N-methyl/N-ethyl adjacent to an activating group) is 1. The van der Waals surface area contributed by atoms with Crippen molar-refractivity contribution in [3.63, 3.8) is 0 Å². The van der Waals surface area contributed by atoms with Gasteiger partial charge in [-0.2, -0.15) is 0 Å². The van der Waals surface area contributed by atoms with Gasteiger partial charge in [0.25, 0.3) is 0 Å². The van der Waals surface area contributed by atoms with Gasteiger partial charge in [0.05, 0.1) is 43.7 Å². The largest absolute Gasteiger partial charge is 0.467 e. The van der Waals surface area contributed by atoms with Crippen LogP contribution in [0.4, 0.5) is 4.79 Å². The third-order valence-electron chi connectivity index (χ3n) is 11.4. The van der Waals surface area contributed by atoms with Crippen molar-refractivity contribution in [1.29, 1.82) is 0 Å². The standard InChI is InChI=1S/C43H71N7O9/c1-13-29(2)37(47(9)36(52)28-44-41(46(7)8)48-22-24-49(25-23-48)42(55)59-43(4,5)6)34(56-10)27-35(51)50-21-17-20-33(50)38(57-11)30(3)39(53)45-32(40(54)58-12)26-31-18-15-14-16-19-31/h14-16,18-19,29-30,32-34,37-38H,13,17,20-28H2,1-12H3,(H,45,53)/t29?,30?,32-,33?,34?,37?,38?/m0/s1. The summed E-state index contributed by atoms with van der Waals surface area (Å²) >= 11 is 0. The minimum atomic E-state index is -0.891. The molecule has 16 heteroatoms. The normalized spacial score (nSPS) is 19.2. The molecular formula is C43H71N7O9. The number of methoxy groups -OCH3 is 3. The van der Waals surface area contributed by atoms with Crippen molar-refractivity contribution in [3.05, 3.63) is 35.9 Å². The average Bonchev–Trinajstić information content (AvgIpc) is 3.69. The first kappa shape index (κ1) is 48.9. The molecule has 2 fully saturated rings. The summed E-state index contributed by atoms with van der Waals surface area (Å²) in [6.45, 7) is 13.7. The molecular weight excluding hydrogens is 759 g/mol. The van der Waals surface area contributed by atoms with E-state index >= 15 is 0 Å². The molecule has 0 aliphatic carbocycles. The highest BCUT2D eigenvalue weighted by Gasteiger charge is 2.42. The van der Waals surface area contributed by atoms with Crippen LogP contribution in [0.25, 0.3) is 0 Å². The van der Waals surface area contributed by atoms with Crippen LogP contribution < -0.4 is 5.32 Å². The van der Waals surface area contributed by atoms with Crippen molar-refractivity contribution < 1.29 is 42.9 Å². The van der Waals surface area contributed by atoms with Crippen LogP contribution in [0.3, 0.4) is 0 Å². The zero-order valence-electron chi connectivity index (χ0n) is 37.6. The van der Waals surface area contributed by atoms with E-state index in [1.165, 1.54) is 14.2 Å². The molecule has 1 aromatic rings. The Kier molecular flexibility index (Phi) is 18.9. The molecule has 3 rings (SSSR count). The van der Waals surface area contributed by atoms with Crippen molar-refractivity contribution in [2.45, 2.75) is 110 Å². The third-order valence-corrected chi connectivity index (χ3v) is 11.4. The molecule has 0 aromatic heterocycles. The second-order valence-electron chi connectivity index (χ2n) is 16.9. The third kappa shape index (κ3) is 13.8. The number of carbonyl (C=O) groups is 5. The number of carbonyl (C=O) groups excluding carboxylic acids is 5. The summed E-state index contributed by atoms with van der Waals surface area (Å²) in [6.07, 6.45) is 0.791. The number of piperazine rings is 1. The smallest absolute Gasteiger partial charge is 0.410 e. The lowest BCUT2D eigenvalue weighted by atomic mass is 9.90. The summed E-state index contributed by atoms with van der Waals surface area (Å²) in [5, 5.41) is 2.86. The topological polar surface area (TPSA) is 163 Å². The minimum Gasteiger partial charge on any atom is -0.467 e. The van der Waals surface area contributed by atoms with Crippen molar-refractivity contribution in [1.82, 2.24) is 29.8 Å². The van der Waals surface area contributed by atoms with Gasteiger partial charge in [0.2, 0.25) is 17.7 Å². The molecule has 2 heterocycles. The highest BCUT2D eigenvalue weighted by atomic mass is 16.6. The summed E-state index contributed by atoms with van der Waals surface area (Å²) in [4.78, 5) is 80.9. The van der Waals surface area contributed by atoms with E-state index < -0.39 is 41.8 Å². The number of guanidine groups is 1. The maximum absolute atomic E-state index is 14.2. The molecule has 6 unspecified atom stereocenters. The first-order valence-electron chi connectivity index (χ1n) is 20.8. The number of hydrogen-bond donors (Lipinski definition) is 1. The Morgan fingerprint density at radius 2 is 1.54 bits per heavy atom. The van der Waals surface area contributed by atoms with Crippen molar-refractivity contribution in [2.75, 3.05) is 81.7 Å². The molecule has 59 heavy (non-hydrogen) atoms. The molecule has 0 spiro atoms. The van der Waals surface area contributed by atoms with Crippen LogP contribution in [0.1, 0.15) is 72.8 Å². The zero-order chi connectivity index (χ0) is 44.0. The molecule has 0 bridgehead atoms. The minimum absolute atomic E-state index is 0.0108. The monoisotopic (exact) mass is 830 g/mol. The number of benzene rings is 1. The lowest BCUT2D eigenvalue weighted by molar-refractivity contribution is -0.148.